The van der Waals surface area contributed by atoms with Crippen molar-refractivity contribution in [3.63, 3.8) is 0 Å². The van der Waals surface area contributed by atoms with Crippen LogP contribution in [-0.4, -0.2) is 14.4 Å². The molecule has 0 saturated heterocycles. The molecular weight excluding hydrogens is 338 g/mol. The van der Waals surface area contributed by atoms with Crippen LogP contribution in [-0.2, 0) is 6.54 Å². The maximum atomic E-state index is 9.89. The van der Waals surface area contributed by atoms with Crippen molar-refractivity contribution in [2.75, 3.05) is 5.32 Å². The van der Waals surface area contributed by atoms with Crippen LogP contribution in [0.25, 0.3) is 16.9 Å². The normalized spacial score (nSPS) is 10.3. The van der Waals surface area contributed by atoms with Crippen molar-refractivity contribution < 1.29 is 4.57 Å². The summed E-state index contributed by atoms with van der Waals surface area (Å²) in [5, 5.41) is 22.9. The third kappa shape index (κ3) is 2.84. The summed E-state index contributed by atoms with van der Waals surface area (Å²) in [5.74, 6) is 0.518. The number of hydrogen-bond donors (Lipinski definition) is 1. The van der Waals surface area contributed by atoms with Crippen LogP contribution in [0.3, 0.4) is 0 Å². The van der Waals surface area contributed by atoms with Crippen molar-refractivity contribution in [2.45, 2.75) is 6.54 Å². The van der Waals surface area contributed by atoms with E-state index in [2.05, 4.69) is 27.5 Å². The molecule has 1 N–H and O–H groups in total. The van der Waals surface area contributed by atoms with Crippen LogP contribution in [0.2, 0.25) is 0 Å². The Hall–Kier alpha value is -4.23. The number of nitrogens with zero attached hydrogens (tertiary/aromatic N) is 6. The zero-order valence-corrected chi connectivity index (χ0v) is 14.2. The number of anilines is 1. The average molecular weight is 352 g/mol. The first-order chi connectivity index (χ1) is 13.3. The topological polar surface area (TPSA) is 93.7 Å². The van der Waals surface area contributed by atoms with Gasteiger partial charge in [0.2, 0.25) is 5.65 Å². The van der Waals surface area contributed by atoms with Gasteiger partial charge in [-0.3, -0.25) is 14.7 Å². The van der Waals surface area contributed by atoms with Crippen LogP contribution in [0.4, 0.5) is 5.82 Å². The number of aromatic nitrogens is 4. The molecule has 128 valence electrons. The fourth-order valence-corrected chi connectivity index (χ4v) is 3.01. The fraction of sp³-hybridized carbons (Fsp3) is 0.0500. The monoisotopic (exact) mass is 352 g/mol. The highest BCUT2D eigenvalue weighted by atomic mass is 15.2. The van der Waals surface area contributed by atoms with Gasteiger partial charge in [-0.25, -0.2) is 4.98 Å². The highest BCUT2D eigenvalue weighted by Crippen LogP contribution is 2.24. The second-order valence-corrected chi connectivity index (χ2v) is 5.79. The first-order valence-electron chi connectivity index (χ1n) is 8.27. The zero-order chi connectivity index (χ0) is 18.6. The predicted octanol–water partition coefficient (Wildman–Crippen LogP) is 2.50. The van der Waals surface area contributed by atoms with Gasteiger partial charge in [-0.1, -0.05) is 36.4 Å². The lowest BCUT2D eigenvalue weighted by atomic mass is 10.1. The van der Waals surface area contributed by atoms with Crippen LogP contribution < -0.4 is 9.88 Å². The summed E-state index contributed by atoms with van der Waals surface area (Å²) in [5.41, 5.74) is 3.12. The minimum atomic E-state index is 0.349. The van der Waals surface area contributed by atoms with Crippen LogP contribution in [0.15, 0.2) is 67.3 Å². The van der Waals surface area contributed by atoms with E-state index >= 15 is 0 Å². The van der Waals surface area contributed by atoms with Gasteiger partial charge in [0.05, 0.1) is 6.54 Å². The third-order valence-corrected chi connectivity index (χ3v) is 4.20. The highest BCUT2D eigenvalue weighted by molar-refractivity contribution is 5.69. The van der Waals surface area contributed by atoms with Crippen LogP contribution in [0, 0.1) is 22.8 Å². The maximum Gasteiger partial charge on any atom is 0.376 e. The van der Waals surface area contributed by atoms with E-state index in [1.807, 2.05) is 42.5 Å². The third-order valence-electron chi connectivity index (χ3n) is 4.20. The number of rotatable bonds is 4. The molecule has 7 nitrogen and oxygen atoms in total. The van der Waals surface area contributed by atoms with Gasteiger partial charge in [-0.15, -0.1) is 4.57 Å². The van der Waals surface area contributed by atoms with Crippen molar-refractivity contribution in [1.82, 2.24) is 14.4 Å². The molecule has 4 rings (SSSR count). The standard InChI is InChI=1S/C20H13N7/c21-11-17-18(16-6-2-1-3-7-16)27(14-22)20(19-24-9-10-26(17)19)25-13-15-5-4-8-23-12-15/h1-10,12H,13H2/p+1. The largest absolute Gasteiger partial charge is 0.376 e. The van der Waals surface area contributed by atoms with Gasteiger partial charge >= 0.3 is 6.19 Å². The Balaban J connectivity index is 1.94. The molecule has 0 spiro atoms. The van der Waals surface area contributed by atoms with Gasteiger partial charge in [-0.2, -0.15) is 5.26 Å². The van der Waals surface area contributed by atoms with E-state index in [9.17, 15) is 10.5 Å². The minimum Gasteiger partial charge on any atom is -0.297 e. The molecule has 0 aliphatic carbocycles. The van der Waals surface area contributed by atoms with Crippen LogP contribution >= 0.6 is 0 Å². The van der Waals surface area contributed by atoms with Crippen molar-refractivity contribution in [1.29, 1.82) is 10.5 Å². The molecule has 4 aromatic rings. The number of benzene rings is 1. The van der Waals surface area contributed by atoms with E-state index in [4.69, 9.17) is 0 Å². The number of hydrogen-bond acceptors (Lipinski definition) is 5. The summed E-state index contributed by atoms with van der Waals surface area (Å²) >= 11 is 0. The Bertz CT molecular complexity index is 1180. The number of fused-ring (bicyclic) bond motifs is 1. The predicted molar refractivity (Wildman–Crippen MR) is 98.1 cm³/mol. The minimum absolute atomic E-state index is 0.349. The first kappa shape index (κ1) is 16.2. The molecule has 0 amide bonds. The van der Waals surface area contributed by atoms with Crippen molar-refractivity contribution in [3.8, 4) is 23.5 Å². The highest BCUT2D eigenvalue weighted by Gasteiger charge is 2.25. The summed E-state index contributed by atoms with van der Waals surface area (Å²) in [7, 11) is 0. The molecule has 0 saturated carbocycles. The molecule has 0 aliphatic heterocycles. The summed E-state index contributed by atoms with van der Waals surface area (Å²) in [6.45, 7) is 0.470. The summed E-state index contributed by atoms with van der Waals surface area (Å²) in [4.78, 5) is 8.45. The van der Waals surface area contributed by atoms with E-state index in [-0.39, 0.29) is 0 Å². The van der Waals surface area contributed by atoms with Gasteiger partial charge in [0.25, 0.3) is 5.82 Å². The van der Waals surface area contributed by atoms with Gasteiger partial charge in [0.1, 0.15) is 6.07 Å². The lowest BCUT2D eigenvalue weighted by Crippen LogP contribution is -2.37. The molecule has 3 aromatic heterocycles. The quantitative estimate of drug-likeness (QED) is 0.570. The van der Waals surface area contributed by atoms with Gasteiger partial charge in [0, 0.05) is 41.2 Å². The Morgan fingerprint density at radius 1 is 1.07 bits per heavy atom. The molecular formula is C20H14N7+. The maximum absolute atomic E-state index is 9.89. The number of imidazole rings is 1. The zero-order valence-electron chi connectivity index (χ0n) is 14.2. The van der Waals surface area contributed by atoms with Gasteiger partial charge in [-0.05, 0) is 6.07 Å². The smallest absolute Gasteiger partial charge is 0.297 e. The lowest BCUT2D eigenvalue weighted by Gasteiger charge is -2.12. The Kier molecular flexibility index (Phi) is 4.18. The molecule has 0 unspecified atom stereocenters. The SMILES string of the molecule is N#Cc1c(-c2ccccc2)[n+](C#N)c(NCc2cccnc2)c2nccn12. The average Bonchev–Trinajstić information content (AvgIpc) is 3.22. The Morgan fingerprint density at radius 2 is 1.93 bits per heavy atom. The summed E-state index contributed by atoms with van der Waals surface area (Å²) in [6.07, 6.45) is 8.99. The lowest BCUT2D eigenvalue weighted by molar-refractivity contribution is -0.558. The summed E-state index contributed by atoms with van der Waals surface area (Å²) in [6, 6.07) is 15.4. The van der Waals surface area contributed by atoms with E-state index in [0.29, 0.717) is 29.4 Å². The second-order valence-electron chi connectivity index (χ2n) is 5.79. The molecule has 0 aliphatic rings. The number of nitrogens with one attached hydrogen (secondary N) is 1. The van der Waals surface area contributed by atoms with Gasteiger partial charge < -0.3 is 0 Å². The summed E-state index contributed by atoms with van der Waals surface area (Å²) < 4.78 is 3.12. The van der Waals surface area contributed by atoms with E-state index in [0.717, 1.165) is 11.1 Å². The van der Waals surface area contributed by atoms with Crippen molar-refractivity contribution in [3.05, 3.63) is 78.5 Å². The Labute approximate surface area is 155 Å². The first-order valence-corrected chi connectivity index (χ1v) is 8.27. The Morgan fingerprint density at radius 3 is 2.63 bits per heavy atom. The number of nitriles is 2. The van der Waals surface area contributed by atoms with Crippen molar-refractivity contribution >= 4 is 11.5 Å². The second kappa shape index (κ2) is 6.95. The molecule has 27 heavy (non-hydrogen) atoms. The van der Waals surface area contributed by atoms with E-state index < -0.39 is 0 Å². The molecule has 0 bridgehead atoms. The van der Waals surface area contributed by atoms with Crippen LogP contribution in [0.5, 0.6) is 0 Å². The molecule has 7 heteroatoms. The molecule has 0 atom stereocenters. The molecule has 3 heterocycles. The van der Waals surface area contributed by atoms with E-state index in [1.165, 1.54) is 4.57 Å². The van der Waals surface area contributed by atoms with Gasteiger partial charge in [0.15, 0.2) is 11.4 Å². The molecule has 0 radical (unpaired) electrons. The molecule has 1 aromatic carbocycles. The van der Waals surface area contributed by atoms with Crippen LogP contribution in [0.1, 0.15) is 11.3 Å². The molecule has 0 fully saturated rings. The number of pyridine rings is 1. The van der Waals surface area contributed by atoms with Crippen molar-refractivity contribution in [2.24, 2.45) is 0 Å². The van der Waals surface area contributed by atoms with E-state index in [1.54, 1.807) is 29.2 Å². The fourth-order valence-electron chi connectivity index (χ4n) is 3.01.